The number of rotatable bonds is 7. The molecule has 2 atom stereocenters. The molecular formula is C9H34N5O11PS4. The van der Waals surface area contributed by atoms with E-state index in [2.05, 4.69) is 42.2 Å². The number of nitrogens with two attached hydrogens (primary N) is 2. The summed E-state index contributed by atoms with van der Waals surface area (Å²) in [5, 5.41) is 11.2. The minimum Gasteiger partial charge on any atom is -0.300 e. The van der Waals surface area contributed by atoms with Crippen LogP contribution in [0.4, 0.5) is 0 Å². The van der Waals surface area contributed by atoms with Crippen molar-refractivity contribution in [3.05, 3.63) is 0 Å². The van der Waals surface area contributed by atoms with Gasteiger partial charge in [-0.25, -0.2) is 46.2 Å². The van der Waals surface area contributed by atoms with Gasteiger partial charge in [0, 0.05) is 20.5 Å². The van der Waals surface area contributed by atoms with Crippen LogP contribution in [0, 0.1) is 0 Å². The zero-order chi connectivity index (χ0) is 25.6. The third-order valence-electron chi connectivity index (χ3n) is 1.81. The minimum atomic E-state index is -3.66. The second kappa shape index (κ2) is 23.7. The highest BCUT2D eigenvalue weighted by molar-refractivity contribution is 7.88. The summed E-state index contributed by atoms with van der Waals surface area (Å²) in [6.45, 7) is 0. The van der Waals surface area contributed by atoms with E-state index in [1.807, 2.05) is 0 Å². The molecule has 0 aromatic heterocycles. The Labute approximate surface area is 184 Å². The van der Waals surface area contributed by atoms with Crippen LogP contribution in [0.15, 0.2) is 0 Å². The van der Waals surface area contributed by atoms with Gasteiger partial charge in [-0.15, -0.1) is 0 Å². The Balaban J connectivity index is -0.0000000879. The van der Waals surface area contributed by atoms with Gasteiger partial charge in [-0.05, 0) is 21.1 Å². The molecule has 0 saturated heterocycles. The zero-order valence-electron chi connectivity index (χ0n) is 18.2. The molecule has 30 heavy (non-hydrogen) atoms. The molecule has 0 saturated carbocycles. The van der Waals surface area contributed by atoms with Crippen LogP contribution >= 0.6 is 7.75 Å². The van der Waals surface area contributed by atoms with E-state index in [1.54, 1.807) is 13.3 Å². The van der Waals surface area contributed by atoms with Gasteiger partial charge >= 0.3 is 18.1 Å². The van der Waals surface area contributed by atoms with Gasteiger partial charge in [-0.3, -0.25) is 8.37 Å². The standard InChI is InChI=1S/C3H10NO3P.C2H7NO2S.C2H7NOS.CH5NO3S.CH5NO2S/c1-4-8(5,6-2)7-3;1-3-6(2,4)5;1-3-5(2)4;1-5-6(2,3)4;1-4-5(2)3/h1-3H3,(H,4,5);3H,1-2H3;3H,1-2H3;1H3,(H2,2,3,4);2H2,1H3. The lowest BCUT2D eigenvalue weighted by molar-refractivity contribution is 0.267. The third-order valence-corrected chi connectivity index (χ3v) is 5.43. The minimum absolute atomic E-state index is 0.823. The van der Waals surface area contributed by atoms with Gasteiger partial charge in [0.25, 0.3) is 0 Å². The molecule has 0 amide bonds. The zero-order valence-corrected chi connectivity index (χ0v) is 22.4. The average molecular weight is 548 g/mol. The predicted molar refractivity (Wildman–Crippen MR) is 117 cm³/mol. The SMILES string of the molecule is CNP(=O)(OC)OC.CNS(C)(=O)=O.CNS(C)=O.COS(N)(=O)=O.COS(N)=O. The van der Waals surface area contributed by atoms with Crippen LogP contribution in [0.3, 0.4) is 0 Å². The number of nitrogens with one attached hydrogen (secondary N) is 3. The van der Waals surface area contributed by atoms with Crippen molar-refractivity contribution in [2.45, 2.75) is 0 Å². The van der Waals surface area contributed by atoms with E-state index in [1.165, 1.54) is 35.4 Å². The van der Waals surface area contributed by atoms with Crippen molar-refractivity contribution in [3.8, 4) is 0 Å². The maximum atomic E-state index is 10.8. The first-order valence-electron chi connectivity index (χ1n) is 6.93. The predicted octanol–water partition coefficient (Wildman–Crippen LogP) is -2.72. The second-order valence-corrected chi connectivity index (χ2v) is 11.4. The largest absolute Gasteiger partial charge is 0.404 e. The molecule has 7 N–H and O–H groups in total. The lowest BCUT2D eigenvalue weighted by Gasteiger charge is -2.09. The first-order chi connectivity index (χ1) is 13.3. The van der Waals surface area contributed by atoms with Gasteiger partial charge in [0.2, 0.25) is 21.3 Å². The molecule has 16 nitrogen and oxygen atoms in total. The van der Waals surface area contributed by atoms with Crippen molar-refractivity contribution in [1.82, 2.24) is 14.5 Å². The molecule has 0 aliphatic heterocycles. The van der Waals surface area contributed by atoms with Crippen LogP contribution in [-0.4, -0.2) is 87.3 Å². The fourth-order valence-electron chi connectivity index (χ4n) is 0.257. The van der Waals surface area contributed by atoms with E-state index < -0.39 is 50.3 Å². The monoisotopic (exact) mass is 547 g/mol. The van der Waals surface area contributed by atoms with E-state index >= 15 is 0 Å². The highest BCUT2D eigenvalue weighted by atomic mass is 32.2. The quantitative estimate of drug-likeness (QED) is 0.204. The first kappa shape index (κ1) is 40.4. The van der Waals surface area contributed by atoms with Crippen molar-refractivity contribution in [2.75, 3.05) is 62.1 Å². The molecule has 0 rings (SSSR count). The molecule has 0 aromatic rings. The lowest BCUT2D eigenvalue weighted by Crippen LogP contribution is -2.15. The van der Waals surface area contributed by atoms with Crippen LogP contribution in [0.2, 0.25) is 0 Å². The molecule has 21 heteroatoms. The maximum absolute atomic E-state index is 10.8. The summed E-state index contributed by atoms with van der Waals surface area (Å²) in [6, 6.07) is 0. The number of sulfonamides is 1. The normalized spacial score (nSPS) is 12.8. The first-order valence-corrected chi connectivity index (χ1v) is 14.5. The molecule has 0 radical (unpaired) electrons. The van der Waals surface area contributed by atoms with Crippen molar-refractivity contribution in [3.63, 3.8) is 0 Å². The van der Waals surface area contributed by atoms with Gasteiger partial charge in [-0.1, -0.05) is 0 Å². The summed E-state index contributed by atoms with van der Waals surface area (Å²) in [5.41, 5.74) is 0. The molecule has 190 valence electrons. The molecule has 0 aromatic carbocycles. The Morgan fingerprint density at radius 1 is 0.933 bits per heavy atom. The van der Waals surface area contributed by atoms with Crippen LogP contribution in [0.5, 0.6) is 0 Å². The summed E-state index contributed by atoms with van der Waals surface area (Å²) in [6.07, 6.45) is 2.69. The Morgan fingerprint density at radius 2 is 1.17 bits per heavy atom. The van der Waals surface area contributed by atoms with Crippen LogP contribution < -0.4 is 24.8 Å². The molecule has 0 bridgehead atoms. The topological polar surface area (TPSA) is 245 Å². The second-order valence-electron chi connectivity index (χ2n) is 3.81. The maximum Gasteiger partial charge on any atom is 0.404 e. The fraction of sp³-hybridized carbons (Fsp3) is 1.00. The van der Waals surface area contributed by atoms with Crippen LogP contribution in [0.1, 0.15) is 0 Å². The molecule has 0 spiro atoms. The summed E-state index contributed by atoms with van der Waals surface area (Å²) in [5.74, 6) is 0. The van der Waals surface area contributed by atoms with E-state index in [-0.39, 0.29) is 0 Å². The highest BCUT2D eigenvalue weighted by Crippen LogP contribution is 2.39. The van der Waals surface area contributed by atoms with Crippen LogP contribution in [-0.2, 0) is 64.6 Å². The molecule has 0 aliphatic rings. The van der Waals surface area contributed by atoms with Gasteiger partial charge in [-0.2, -0.15) is 8.42 Å². The highest BCUT2D eigenvalue weighted by Gasteiger charge is 2.15. The van der Waals surface area contributed by atoms with Gasteiger partial charge in [0.05, 0.1) is 31.5 Å². The van der Waals surface area contributed by atoms with Crippen molar-refractivity contribution >= 4 is 50.3 Å². The Bertz CT molecular complexity index is 624. The molecular weight excluding hydrogens is 513 g/mol. The Kier molecular flexibility index (Phi) is 32.0. The van der Waals surface area contributed by atoms with Gasteiger partial charge in [0.1, 0.15) is 0 Å². The molecule has 2 unspecified atom stereocenters. The summed E-state index contributed by atoms with van der Waals surface area (Å²) < 4.78 is 90.1. The Morgan fingerprint density at radius 3 is 1.17 bits per heavy atom. The smallest absolute Gasteiger partial charge is 0.300 e. The summed E-state index contributed by atoms with van der Waals surface area (Å²) in [4.78, 5) is 0. The van der Waals surface area contributed by atoms with Crippen LogP contribution in [0.25, 0.3) is 0 Å². The van der Waals surface area contributed by atoms with E-state index in [0.29, 0.717) is 0 Å². The van der Waals surface area contributed by atoms with Crippen molar-refractivity contribution in [2.24, 2.45) is 10.3 Å². The third kappa shape index (κ3) is 56.6. The van der Waals surface area contributed by atoms with Gasteiger partial charge in [0.15, 0.2) is 0 Å². The van der Waals surface area contributed by atoms with E-state index in [9.17, 15) is 29.8 Å². The lowest BCUT2D eigenvalue weighted by atomic mass is 11.6. The summed E-state index contributed by atoms with van der Waals surface area (Å²) in [7, 11) is -0.872. The number of hydrogen-bond acceptors (Lipinski definition) is 11. The Hall–Kier alpha value is 0.0700. The molecule has 0 aliphatic carbocycles. The summed E-state index contributed by atoms with van der Waals surface area (Å²) >= 11 is -1.57. The fourth-order valence-corrected chi connectivity index (χ4v) is 0.771. The van der Waals surface area contributed by atoms with Gasteiger partial charge < -0.3 is 9.05 Å². The van der Waals surface area contributed by atoms with Crippen molar-refractivity contribution < 1.29 is 47.2 Å². The molecule has 0 heterocycles. The number of hydrogen-bond donors (Lipinski definition) is 5. The van der Waals surface area contributed by atoms with E-state index in [0.717, 1.165) is 13.4 Å². The van der Waals surface area contributed by atoms with Crippen molar-refractivity contribution in [1.29, 1.82) is 0 Å². The average Bonchev–Trinajstić information content (AvgIpc) is 2.68. The van der Waals surface area contributed by atoms with E-state index in [4.69, 9.17) is 0 Å². The molecule has 0 fully saturated rings.